The zero-order valence-corrected chi connectivity index (χ0v) is 7.40. The summed E-state index contributed by atoms with van der Waals surface area (Å²) in [4.78, 5) is 24.8. The van der Waals surface area contributed by atoms with Crippen molar-refractivity contribution in [1.29, 1.82) is 0 Å². The highest BCUT2D eigenvalue weighted by Crippen LogP contribution is 2.07. The number of hydrogen-bond acceptors (Lipinski definition) is 4. The Morgan fingerprint density at radius 1 is 1.64 bits per heavy atom. The van der Waals surface area contributed by atoms with E-state index in [2.05, 4.69) is 20.0 Å². The molecule has 1 heterocycles. The summed E-state index contributed by atoms with van der Waals surface area (Å²) in [6.45, 7) is 2.20. The Bertz CT molecular complexity index is 346. The SMILES string of the molecule is CCNC(=O)Nc1ncc(C(=O)O)o1. The fourth-order valence-corrected chi connectivity index (χ4v) is 0.733. The van der Waals surface area contributed by atoms with Crippen molar-refractivity contribution in [3.63, 3.8) is 0 Å². The maximum Gasteiger partial charge on any atom is 0.373 e. The molecule has 1 aromatic heterocycles. The van der Waals surface area contributed by atoms with Gasteiger partial charge in [-0.2, -0.15) is 0 Å². The van der Waals surface area contributed by atoms with Crippen LogP contribution in [0.2, 0.25) is 0 Å². The highest BCUT2D eigenvalue weighted by atomic mass is 16.4. The molecule has 0 aromatic carbocycles. The van der Waals surface area contributed by atoms with Gasteiger partial charge < -0.3 is 14.8 Å². The third-order valence-corrected chi connectivity index (χ3v) is 1.27. The normalized spacial score (nSPS) is 9.50. The fourth-order valence-electron chi connectivity index (χ4n) is 0.733. The molecule has 0 fully saturated rings. The molecular formula is C7H9N3O4. The molecule has 7 heteroatoms. The van der Waals surface area contributed by atoms with Crippen LogP contribution in [0.5, 0.6) is 0 Å². The van der Waals surface area contributed by atoms with E-state index in [9.17, 15) is 9.59 Å². The number of hydrogen-bond donors (Lipinski definition) is 3. The number of anilines is 1. The first-order valence-electron chi connectivity index (χ1n) is 3.87. The molecule has 0 saturated carbocycles. The van der Waals surface area contributed by atoms with Gasteiger partial charge in [-0.25, -0.2) is 14.6 Å². The molecule has 0 unspecified atom stereocenters. The minimum absolute atomic E-state index is 0.145. The third-order valence-electron chi connectivity index (χ3n) is 1.27. The Morgan fingerprint density at radius 2 is 2.36 bits per heavy atom. The molecule has 0 atom stereocenters. The van der Waals surface area contributed by atoms with Crippen LogP contribution in [0.4, 0.5) is 10.8 Å². The molecule has 1 aromatic rings. The van der Waals surface area contributed by atoms with E-state index in [0.717, 1.165) is 6.20 Å². The topological polar surface area (TPSA) is 104 Å². The number of carboxylic acids is 1. The van der Waals surface area contributed by atoms with Crippen molar-refractivity contribution in [2.45, 2.75) is 6.92 Å². The van der Waals surface area contributed by atoms with Crippen LogP contribution in [-0.2, 0) is 0 Å². The summed E-state index contributed by atoms with van der Waals surface area (Å²) in [5, 5.41) is 13.1. The second-order valence-electron chi connectivity index (χ2n) is 2.32. The lowest BCUT2D eigenvalue weighted by Gasteiger charge is -1.99. The summed E-state index contributed by atoms with van der Waals surface area (Å²) in [7, 11) is 0. The van der Waals surface area contributed by atoms with Gasteiger partial charge in [-0.15, -0.1) is 0 Å². The van der Waals surface area contributed by atoms with Crippen LogP contribution in [-0.4, -0.2) is 28.6 Å². The number of amides is 2. The average molecular weight is 199 g/mol. The van der Waals surface area contributed by atoms with Crippen LogP contribution in [0.15, 0.2) is 10.6 Å². The van der Waals surface area contributed by atoms with Crippen molar-refractivity contribution >= 4 is 18.0 Å². The Balaban J connectivity index is 2.59. The first-order valence-corrected chi connectivity index (χ1v) is 3.87. The number of rotatable bonds is 3. The van der Waals surface area contributed by atoms with E-state index >= 15 is 0 Å². The number of carbonyl (C=O) groups is 2. The summed E-state index contributed by atoms with van der Waals surface area (Å²) < 4.78 is 4.68. The molecule has 0 aliphatic rings. The zero-order valence-electron chi connectivity index (χ0n) is 7.40. The number of oxazole rings is 1. The van der Waals surface area contributed by atoms with Gasteiger partial charge in [0.2, 0.25) is 5.76 Å². The predicted octanol–water partition coefficient (Wildman–Crippen LogP) is 0.514. The van der Waals surface area contributed by atoms with Crippen molar-refractivity contribution in [3.8, 4) is 0 Å². The zero-order chi connectivity index (χ0) is 10.6. The van der Waals surface area contributed by atoms with Gasteiger partial charge in [-0.05, 0) is 6.92 Å². The van der Waals surface area contributed by atoms with Crippen molar-refractivity contribution in [2.24, 2.45) is 0 Å². The van der Waals surface area contributed by atoms with Crippen LogP contribution in [0, 0.1) is 0 Å². The van der Waals surface area contributed by atoms with Crippen LogP contribution >= 0.6 is 0 Å². The smallest absolute Gasteiger partial charge is 0.373 e. The van der Waals surface area contributed by atoms with Crippen LogP contribution < -0.4 is 10.6 Å². The molecule has 0 bridgehead atoms. The maximum absolute atomic E-state index is 10.9. The number of carbonyl (C=O) groups excluding carboxylic acids is 1. The summed E-state index contributed by atoms with van der Waals surface area (Å²) >= 11 is 0. The average Bonchev–Trinajstić information content (AvgIpc) is 2.53. The Hall–Kier alpha value is -2.05. The third kappa shape index (κ3) is 2.47. The summed E-state index contributed by atoms with van der Waals surface area (Å²) in [5.41, 5.74) is 0. The molecule has 1 rings (SSSR count). The molecule has 3 N–H and O–H groups in total. The number of aromatic carboxylic acids is 1. The lowest BCUT2D eigenvalue weighted by molar-refractivity contribution is 0.0663. The van der Waals surface area contributed by atoms with Crippen molar-refractivity contribution < 1.29 is 19.1 Å². The minimum Gasteiger partial charge on any atom is -0.475 e. The van der Waals surface area contributed by atoms with E-state index < -0.39 is 12.0 Å². The Morgan fingerprint density at radius 3 is 2.86 bits per heavy atom. The maximum atomic E-state index is 10.9. The van der Waals surface area contributed by atoms with Crippen molar-refractivity contribution in [1.82, 2.24) is 10.3 Å². The standard InChI is InChI=1S/C7H9N3O4/c1-2-8-6(13)10-7-9-3-4(14-7)5(11)12/h3H,2H2,1H3,(H,11,12)(H2,8,9,10,13). The molecule has 14 heavy (non-hydrogen) atoms. The number of nitrogens with zero attached hydrogens (tertiary/aromatic N) is 1. The first kappa shape index (κ1) is 10.0. The van der Waals surface area contributed by atoms with Crippen LogP contribution in [0.3, 0.4) is 0 Å². The van der Waals surface area contributed by atoms with E-state index in [1.54, 1.807) is 6.92 Å². The van der Waals surface area contributed by atoms with E-state index in [0.29, 0.717) is 6.54 Å². The van der Waals surface area contributed by atoms with Gasteiger partial charge in [0.1, 0.15) is 0 Å². The lowest BCUT2D eigenvalue weighted by atomic mass is 10.5. The minimum atomic E-state index is -1.23. The highest BCUT2D eigenvalue weighted by Gasteiger charge is 2.11. The number of aromatic nitrogens is 1. The molecule has 0 saturated heterocycles. The van der Waals surface area contributed by atoms with Gasteiger partial charge in [0.05, 0.1) is 6.20 Å². The van der Waals surface area contributed by atoms with Crippen molar-refractivity contribution in [2.75, 3.05) is 11.9 Å². The highest BCUT2D eigenvalue weighted by molar-refractivity contribution is 5.88. The summed E-state index contributed by atoms with van der Waals surface area (Å²) in [5.74, 6) is -1.56. The number of urea groups is 1. The summed E-state index contributed by atoms with van der Waals surface area (Å²) in [6, 6.07) is -0.639. The second-order valence-corrected chi connectivity index (χ2v) is 2.32. The van der Waals surface area contributed by atoms with Gasteiger partial charge >= 0.3 is 18.0 Å². The fraction of sp³-hybridized carbons (Fsp3) is 0.286. The van der Waals surface area contributed by atoms with E-state index in [4.69, 9.17) is 5.11 Å². The molecule has 0 spiro atoms. The summed E-state index contributed by atoms with van der Waals surface area (Å²) in [6.07, 6.45) is 1.02. The van der Waals surface area contributed by atoms with E-state index in [-0.39, 0.29) is 11.8 Å². The molecule has 0 aliphatic carbocycles. The monoisotopic (exact) mass is 199 g/mol. The van der Waals surface area contributed by atoms with E-state index in [1.807, 2.05) is 0 Å². The van der Waals surface area contributed by atoms with Gasteiger partial charge in [-0.1, -0.05) is 0 Å². The predicted molar refractivity (Wildman–Crippen MR) is 46.2 cm³/mol. The second kappa shape index (κ2) is 4.26. The van der Waals surface area contributed by atoms with E-state index in [1.165, 1.54) is 0 Å². The van der Waals surface area contributed by atoms with Crippen LogP contribution in [0.25, 0.3) is 0 Å². The molecule has 7 nitrogen and oxygen atoms in total. The quantitative estimate of drug-likeness (QED) is 0.658. The number of nitrogens with one attached hydrogen (secondary N) is 2. The van der Waals surface area contributed by atoms with Gasteiger partial charge in [0.25, 0.3) is 0 Å². The number of carboxylic acid groups (broad SMARTS) is 1. The molecule has 76 valence electrons. The van der Waals surface area contributed by atoms with Gasteiger partial charge in [0.15, 0.2) is 0 Å². The molecular weight excluding hydrogens is 190 g/mol. The largest absolute Gasteiger partial charge is 0.475 e. The molecule has 2 amide bonds. The first-order chi connectivity index (χ1) is 6.63. The Labute approximate surface area is 79.1 Å². The molecule has 0 radical (unpaired) electrons. The van der Waals surface area contributed by atoms with Crippen molar-refractivity contribution in [3.05, 3.63) is 12.0 Å². The molecule has 0 aliphatic heterocycles. The lowest BCUT2D eigenvalue weighted by Crippen LogP contribution is -2.28. The van der Waals surface area contributed by atoms with Crippen LogP contribution in [0.1, 0.15) is 17.5 Å². The van der Waals surface area contributed by atoms with Gasteiger partial charge in [-0.3, -0.25) is 5.32 Å². The van der Waals surface area contributed by atoms with Gasteiger partial charge in [0, 0.05) is 6.54 Å². The Kier molecular flexibility index (Phi) is 3.05.